The van der Waals surface area contributed by atoms with Gasteiger partial charge < -0.3 is 15.2 Å². The predicted molar refractivity (Wildman–Crippen MR) is 122 cm³/mol. The average Bonchev–Trinajstić information content (AvgIpc) is 3.27. The zero-order valence-electron chi connectivity index (χ0n) is 16.9. The highest BCUT2D eigenvalue weighted by atomic mass is 32.1. The minimum atomic E-state index is -0.0407. The summed E-state index contributed by atoms with van der Waals surface area (Å²) in [6, 6.07) is 17.2. The number of ether oxygens (including phenoxy) is 2. The molecule has 6 nitrogen and oxygen atoms in total. The molecule has 0 aliphatic carbocycles. The number of nitrogens with zero attached hydrogens (tertiary/aromatic N) is 2. The minimum Gasteiger partial charge on any atom is -0.497 e. The molecule has 0 spiro atoms. The van der Waals surface area contributed by atoms with Crippen molar-refractivity contribution < 1.29 is 9.47 Å². The number of rotatable bonds is 7. The lowest BCUT2D eigenvalue weighted by Gasteiger charge is -2.12. The molecule has 2 N–H and O–H groups in total. The monoisotopic (exact) mass is 421 g/mol. The highest BCUT2D eigenvalue weighted by Gasteiger charge is 2.16. The summed E-state index contributed by atoms with van der Waals surface area (Å²) in [5, 5.41) is 0.617. The van der Waals surface area contributed by atoms with Crippen LogP contribution in [0.4, 0.5) is 0 Å². The molecule has 7 heteroatoms. The van der Waals surface area contributed by atoms with Gasteiger partial charge in [-0.25, -0.2) is 4.98 Å². The van der Waals surface area contributed by atoms with Crippen LogP contribution < -0.4 is 20.8 Å². The molecule has 30 heavy (non-hydrogen) atoms. The molecule has 4 rings (SSSR count). The summed E-state index contributed by atoms with van der Waals surface area (Å²) >= 11 is 1.57. The van der Waals surface area contributed by atoms with E-state index in [-0.39, 0.29) is 5.56 Å². The van der Waals surface area contributed by atoms with Crippen LogP contribution in [0.1, 0.15) is 6.42 Å². The molecule has 0 saturated heterocycles. The Kier molecular flexibility index (Phi) is 5.83. The van der Waals surface area contributed by atoms with Gasteiger partial charge in [-0.2, -0.15) is 0 Å². The molecule has 0 radical (unpaired) electrons. The van der Waals surface area contributed by atoms with Crippen LogP contribution in [0.25, 0.3) is 32.0 Å². The van der Waals surface area contributed by atoms with Gasteiger partial charge in [-0.3, -0.25) is 9.36 Å². The Labute approximate surface area is 178 Å². The summed E-state index contributed by atoms with van der Waals surface area (Å²) in [6.07, 6.45) is 0.706. The van der Waals surface area contributed by atoms with Gasteiger partial charge in [0.05, 0.1) is 30.0 Å². The van der Waals surface area contributed by atoms with Gasteiger partial charge in [-0.1, -0.05) is 12.1 Å². The first kappa shape index (κ1) is 20.1. The molecule has 0 aliphatic heterocycles. The molecular weight excluding hydrogens is 398 g/mol. The fourth-order valence-corrected chi connectivity index (χ4v) is 4.45. The van der Waals surface area contributed by atoms with Crippen LogP contribution in [0, 0.1) is 0 Å². The second-order valence-corrected chi connectivity index (χ2v) is 7.87. The number of aromatic nitrogens is 2. The quantitative estimate of drug-likeness (QED) is 0.485. The third kappa shape index (κ3) is 3.69. The SMILES string of the molecule is COc1ccc(-c2ccc(-c3nc4ccccc4c(=O)n3CCCN)s2)c(OC)c1. The Morgan fingerprint density at radius 3 is 2.60 bits per heavy atom. The molecule has 0 bridgehead atoms. The van der Waals surface area contributed by atoms with E-state index in [0.717, 1.165) is 26.8 Å². The van der Waals surface area contributed by atoms with Crippen molar-refractivity contribution in [3.8, 4) is 32.6 Å². The highest BCUT2D eigenvalue weighted by molar-refractivity contribution is 7.18. The Morgan fingerprint density at radius 2 is 1.83 bits per heavy atom. The van der Waals surface area contributed by atoms with E-state index in [2.05, 4.69) is 0 Å². The molecule has 0 unspecified atom stereocenters. The number of benzene rings is 2. The van der Waals surface area contributed by atoms with Crippen molar-refractivity contribution in [2.24, 2.45) is 5.73 Å². The first-order chi connectivity index (χ1) is 14.7. The van der Waals surface area contributed by atoms with Crippen molar-refractivity contribution in [1.29, 1.82) is 0 Å². The fraction of sp³-hybridized carbons (Fsp3) is 0.217. The van der Waals surface area contributed by atoms with Gasteiger partial charge in [0, 0.05) is 23.1 Å². The predicted octanol–water partition coefficient (Wildman–Crippen LogP) is 4.16. The second kappa shape index (κ2) is 8.69. The lowest BCUT2D eigenvalue weighted by atomic mass is 10.1. The largest absolute Gasteiger partial charge is 0.497 e. The van der Waals surface area contributed by atoms with Crippen LogP contribution in [0.5, 0.6) is 11.5 Å². The van der Waals surface area contributed by atoms with E-state index >= 15 is 0 Å². The smallest absolute Gasteiger partial charge is 0.261 e. The van der Waals surface area contributed by atoms with E-state index in [1.807, 2.05) is 54.6 Å². The lowest BCUT2D eigenvalue weighted by molar-refractivity contribution is 0.395. The highest BCUT2D eigenvalue weighted by Crippen LogP contribution is 2.39. The van der Waals surface area contributed by atoms with Gasteiger partial charge in [0.1, 0.15) is 11.5 Å². The van der Waals surface area contributed by atoms with E-state index in [0.29, 0.717) is 36.2 Å². The van der Waals surface area contributed by atoms with Crippen LogP contribution in [-0.2, 0) is 6.54 Å². The molecule has 0 fully saturated rings. The number of methoxy groups -OCH3 is 2. The topological polar surface area (TPSA) is 79.4 Å². The summed E-state index contributed by atoms with van der Waals surface area (Å²) < 4.78 is 12.6. The van der Waals surface area contributed by atoms with E-state index in [1.54, 1.807) is 30.1 Å². The van der Waals surface area contributed by atoms with Crippen molar-refractivity contribution in [2.75, 3.05) is 20.8 Å². The molecule has 2 aromatic carbocycles. The summed E-state index contributed by atoms with van der Waals surface area (Å²) in [5.74, 6) is 2.13. The Bertz CT molecular complexity index is 1250. The molecular formula is C23H23N3O3S. The standard InChI is InChI=1S/C23H23N3O3S/c1-28-15-8-9-17(19(14-15)29-2)20-10-11-21(30-20)22-25-18-7-4-3-6-16(18)23(27)26(22)13-5-12-24/h3-4,6-11,14H,5,12-13,24H2,1-2H3. The van der Waals surface area contributed by atoms with E-state index in [1.165, 1.54) is 0 Å². The normalized spacial score (nSPS) is 11.0. The van der Waals surface area contributed by atoms with Crippen molar-refractivity contribution in [2.45, 2.75) is 13.0 Å². The number of nitrogens with two attached hydrogens (primary N) is 1. The maximum absolute atomic E-state index is 13.1. The molecule has 154 valence electrons. The number of fused-ring (bicyclic) bond motifs is 1. The van der Waals surface area contributed by atoms with Gasteiger partial charge in [0.15, 0.2) is 5.82 Å². The molecule has 2 heterocycles. The zero-order chi connectivity index (χ0) is 21.1. The van der Waals surface area contributed by atoms with E-state index in [9.17, 15) is 4.79 Å². The van der Waals surface area contributed by atoms with Crippen LogP contribution in [0.2, 0.25) is 0 Å². The number of para-hydroxylation sites is 1. The third-order valence-corrected chi connectivity index (χ3v) is 6.06. The van der Waals surface area contributed by atoms with Gasteiger partial charge in [0.2, 0.25) is 0 Å². The summed E-state index contributed by atoms with van der Waals surface area (Å²) in [6.45, 7) is 1.04. The van der Waals surface area contributed by atoms with Gasteiger partial charge in [0.25, 0.3) is 5.56 Å². The molecule has 0 atom stereocenters. The Balaban J connectivity index is 1.84. The Morgan fingerprint density at radius 1 is 1.03 bits per heavy atom. The van der Waals surface area contributed by atoms with Crippen molar-refractivity contribution in [3.05, 3.63) is 65.0 Å². The van der Waals surface area contributed by atoms with Crippen molar-refractivity contribution >= 4 is 22.2 Å². The summed E-state index contributed by atoms with van der Waals surface area (Å²) in [5.41, 5.74) is 7.32. The van der Waals surface area contributed by atoms with Gasteiger partial charge in [-0.15, -0.1) is 11.3 Å². The van der Waals surface area contributed by atoms with E-state index < -0.39 is 0 Å². The molecule has 4 aromatic rings. The first-order valence-corrected chi connectivity index (χ1v) is 10.5. The number of thiophene rings is 1. The van der Waals surface area contributed by atoms with Gasteiger partial charge >= 0.3 is 0 Å². The average molecular weight is 422 g/mol. The molecule has 0 amide bonds. The zero-order valence-corrected chi connectivity index (χ0v) is 17.7. The maximum atomic E-state index is 13.1. The minimum absolute atomic E-state index is 0.0407. The molecule has 0 saturated carbocycles. The van der Waals surface area contributed by atoms with Gasteiger partial charge in [-0.05, 0) is 49.4 Å². The van der Waals surface area contributed by atoms with Crippen LogP contribution in [0.15, 0.2) is 59.4 Å². The maximum Gasteiger partial charge on any atom is 0.261 e. The molecule has 0 aliphatic rings. The van der Waals surface area contributed by atoms with Crippen LogP contribution in [0.3, 0.4) is 0 Å². The van der Waals surface area contributed by atoms with Crippen LogP contribution >= 0.6 is 11.3 Å². The lowest BCUT2D eigenvalue weighted by Crippen LogP contribution is -2.24. The summed E-state index contributed by atoms with van der Waals surface area (Å²) in [7, 11) is 3.27. The summed E-state index contributed by atoms with van der Waals surface area (Å²) in [4.78, 5) is 19.9. The van der Waals surface area contributed by atoms with Crippen LogP contribution in [-0.4, -0.2) is 30.3 Å². The third-order valence-electron chi connectivity index (χ3n) is 4.95. The van der Waals surface area contributed by atoms with Crippen molar-refractivity contribution in [3.63, 3.8) is 0 Å². The Hall–Kier alpha value is -3.16. The first-order valence-electron chi connectivity index (χ1n) is 9.68. The molecule has 2 aromatic heterocycles. The fourth-order valence-electron chi connectivity index (χ4n) is 3.42. The van der Waals surface area contributed by atoms with E-state index in [4.69, 9.17) is 20.2 Å². The number of hydrogen-bond donors (Lipinski definition) is 1. The van der Waals surface area contributed by atoms with Crippen molar-refractivity contribution in [1.82, 2.24) is 9.55 Å². The second-order valence-electron chi connectivity index (χ2n) is 6.78. The number of hydrogen-bond acceptors (Lipinski definition) is 6.